The van der Waals surface area contributed by atoms with Gasteiger partial charge in [0.25, 0.3) is 0 Å². The molecular formula is C10H13NO5. The molecule has 0 aliphatic carbocycles. The first-order valence-corrected chi connectivity index (χ1v) is 4.53. The number of rotatable bonds is 2. The lowest BCUT2D eigenvalue weighted by Crippen LogP contribution is -2.14. The molecule has 0 spiro atoms. The highest BCUT2D eigenvalue weighted by molar-refractivity contribution is 6.03. The lowest BCUT2D eigenvalue weighted by molar-refractivity contribution is 0.0511. The second-order valence-corrected chi connectivity index (χ2v) is 3.23. The molecule has 1 N–H and O–H groups in total. The number of carbonyl (C=O) groups excluding carboxylic acids is 2. The molecule has 1 heterocycles. The first kappa shape index (κ1) is 12.1. The van der Waals surface area contributed by atoms with Gasteiger partial charge in [0, 0.05) is 0 Å². The fraction of sp³-hybridized carbons (Fsp3) is 0.400. The van der Waals surface area contributed by atoms with Gasteiger partial charge in [0.05, 0.1) is 25.5 Å². The smallest absolute Gasteiger partial charge is 0.359 e. The van der Waals surface area contributed by atoms with Gasteiger partial charge in [0.1, 0.15) is 0 Å². The summed E-state index contributed by atoms with van der Waals surface area (Å²) in [4.78, 5) is 22.9. The predicted molar refractivity (Wildman–Crippen MR) is 53.8 cm³/mol. The van der Waals surface area contributed by atoms with Gasteiger partial charge in [-0.1, -0.05) is 0 Å². The van der Waals surface area contributed by atoms with E-state index in [2.05, 4.69) is 9.47 Å². The van der Waals surface area contributed by atoms with E-state index >= 15 is 0 Å². The Morgan fingerprint density at radius 1 is 1.12 bits per heavy atom. The average molecular weight is 227 g/mol. The second-order valence-electron chi connectivity index (χ2n) is 3.23. The number of esters is 2. The fourth-order valence-electron chi connectivity index (χ4n) is 1.43. The molecule has 0 fully saturated rings. The van der Waals surface area contributed by atoms with E-state index in [9.17, 15) is 14.8 Å². The molecule has 6 nitrogen and oxygen atoms in total. The summed E-state index contributed by atoms with van der Waals surface area (Å²) >= 11 is 0. The maximum absolute atomic E-state index is 11.5. The number of nitrogens with zero attached hydrogens (tertiary/aromatic N) is 1. The third kappa shape index (κ3) is 1.62. The van der Waals surface area contributed by atoms with Gasteiger partial charge >= 0.3 is 11.9 Å². The summed E-state index contributed by atoms with van der Waals surface area (Å²) in [5.41, 5.74) is 0.675. The lowest BCUT2D eigenvalue weighted by atomic mass is 10.1. The van der Waals surface area contributed by atoms with Crippen LogP contribution in [0.4, 0.5) is 0 Å². The van der Waals surface area contributed by atoms with Crippen molar-refractivity contribution in [3.05, 3.63) is 22.5 Å². The Labute approximate surface area is 92.3 Å². The van der Waals surface area contributed by atoms with Crippen LogP contribution in [0.1, 0.15) is 32.1 Å². The number of hydrogen-bond acceptors (Lipinski definition) is 5. The highest BCUT2D eigenvalue weighted by Crippen LogP contribution is 2.22. The van der Waals surface area contributed by atoms with E-state index in [0.29, 0.717) is 16.0 Å². The molecule has 0 aliphatic rings. The Morgan fingerprint density at radius 3 is 2.06 bits per heavy atom. The van der Waals surface area contributed by atoms with Crippen molar-refractivity contribution in [3.63, 3.8) is 0 Å². The van der Waals surface area contributed by atoms with Crippen molar-refractivity contribution in [2.75, 3.05) is 14.2 Å². The molecule has 1 rings (SSSR count). The Kier molecular flexibility index (Phi) is 3.22. The van der Waals surface area contributed by atoms with Crippen LogP contribution in [-0.2, 0) is 9.47 Å². The van der Waals surface area contributed by atoms with Crippen molar-refractivity contribution < 1.29 is 24.3 Å². The number of carbonyl (C=O) groups is 2. The molecule has 0 atom stereocenters. The first-order valence-electron chi connectivity index (χ1n) is 4.53. The highest BCUT2D eigenvalue weighted by Gasteiger charge is 2.29. The Hall–Kier alpha value is -1.98. The molecule has 1 aromatic rings. The molecule has 0 radical (unpaired) electrons. The Balaban J connectivity index is 3.51. The molecule has 0 saturated carbocycles. The van der Waals surface area contributed by atoms with Crippen LogP contribution in [0.25, 0.3) is 0 Å². The topological polar surface area (TPSA) is 77.8 Å². The summed E-state index contributed by atoms with van der Waals surface area (Å²) in [6.07, 6.45) is 0. The van der Waals surface area contributed by atoms with Gasteiger partial charge in [-0.2, -0.15) is 4.73 Å². The third-order valence-corrected chi connectivity index (χ3v) is 2.45. The lowest BCUT2D eigenvalue weighted by Gasteiger charge is -2.03. The van der Waals surface area contributed by atoms with Crippen molar-refractivity contribution in [1.82, 2.24) is 4.73 Å². The zero-order valence-corrected chi connectivity index (χ0v) is 9.53. The minimum absolute atomic E-state index is 0.0225. The van der Waals surface area contributed by atoms with Gasteiger partial charge in [0.15, 0.2) is 5.69 Å². The zero-order chi connectivity index (χ0) is 12.5. The van der Waals surface area contributed by atoms with Crippen molar-refractivity contribution in [2.45, 2.75) is 13.8 Å². The zero-order valence-electron chi connectivity index (χ0n) is 9.53. The van der Waals surface area contributed by atoms with Crippen molar-refractivity contribution in [1.29, 1.82) is 0 Å². The molecule has 0 amide bonds. The van der Waals surface area contributed by atoms with Crippen LogP contribution in [0.5, 0.6) is 0 Å². The summed E-state index contributed by atoms with van der Waals surface area (Å²) in [6.45, 7) is 3.19. The quantitative estimate of drug-likeness (QED) is 0.600. The van der Waals surface area contributed by atoms with Crippen LogP contribution < -0.4 is 0 Å². The van der Waals surface area contributed by atoms with Crippen molar-refractivity contribution in [2.24, 2.45) is 0 Å². The minimum atomic E-state index is -0.793. The van der Waals surface area contributed by atoms with Gasteiger partial charge in [-0.05, 0) is 19.4 Å². The Morgan fingerprint density at radius 2 is 1.62 bits per heavy atom. The number of methoxy groups -OCH3 is 2. The van der Waals surface area contributed by atoms with E-state index in [1.807, 2.05) is 0 Å². The normalized spacial score (nSPS) is 10.0. The van der Waals surface area contributed by atoms with Crippen LogP contribution in [0, 0.1) is 13.8 Å². The van der Waals surface area contributed by atoms with Gasteiger partial charge < -0.3 is 14.7 Å². The van der Waals surface area contributed by atoms with Crippen molar-refractivity contribution in [3.8, 4) is 0 Å². The van der Waals surface area contributed by atoms with E-state index in [0.717, 1.165) is 0 Å². The van der Waals surface area contributed by atoms with Gasteiger partial charge in [-0.3, -0.25) is 0 Å². The molecule has 1 aromatic heterocycles. The van der Waals surface area contributed by atoms with Crippen LogP contribution in [0.2, 0.25) is 0 Å². The van der Waals surface area contributed by atoms with Crippen molar-refractivity contribution >= 4 is 11.9 Å². The second kappa shape index (κ2) is 4.26. The molecule has 0 unspecified atom stereocenters. The number of hydrogen-bond donors (Lipinski definition) is 1. The van der Waals surface area contributed by atoms with Gasteiger partial charge in [0.2, 0.25) is 0 Å². The average Bonchev–Trinajstić information content (AvgIpc) is 2.51. The summed E-state index contributed by atoms with van der Waals surface area (Å²) in [5, 5.41) is 9.65. The molecule has 6 heteroatoms. The van der Waals surface area contributed by atoms with E-state index < -0.39 is 11.9 Å². The number of ether oxygens (including phenoxy) is 2. The SMILES string of the molecule is COC(=O)c1c(C)c(C)n(O)c1C(=O)OC. The molecule has 0 bridgehead atoms. The Bertz CT molecular complexity index is 407. The molecule has 0 aromatic carbocycles. The van der Waals surface area contributed by atoms with E-state index in [1.54, 1.807) is 13.8 Å². The summed E-state index contributed by atoms with van der Waals surface area (Å²) in [6, 6.07) is 0. The third-order valence-electron chi connectivity index (χ3n) is 2.45. The predicted octanol–water partition coefficient (Wildman–Crippen LogP) is 0.915. The van der Waals surface area contributed by atoms with E-state index in [4.69, 9.17) is 0 Å². The maximum atomic E-state index is 11.5. The minimum Gasteiger partial charge on any atom is -0.465 e. The summed E-state index contributed by atoms with van der Waals surface area (Å²) in [5.74, 6) is -1.48. The van der Waals surface area contributed by atoms with E-state index in [1.165, 1.54) is 14.2 Å². The fourth-order valence-corrected chi connectivity index (χ4v) is 1.43. The van der Waals surface area contributed by atoms with Crippen LogP contribution in [-0.4, -0.2) is 36.1 Å². The summed E-state index contributed by atoms with van der Waals surface area (Å²) in [7, 11) is 2.37. The highest BCUT2D eigenvalue weighted by atomic mass is 16.5. The van der Waals surface area contributed by atoms with E-state index in [-0.39, 0.29) is 11.3 Å². The molecule has 0 saturated heterocycles. The molecule has 16 heavy (non-hydrogen) atoms. The first-order chi connectivity index (χ1) is 7.45. The summed E-state index contributed by atoms with van der Waals surface area (Å²) < 4.78 is 9.68. The van der Waals surface area contributed by atoms with Gasteiger partial charge in [-0.15, -0.1) is 0 Å². The van der Waals surface area contributed by atoms with Crippen LogP contribution >= 0.6 is 0 Å². The molecular weight excluding hydrogens is 214 g/mol. The molecule has 0 aliphatic heterocycles. The van der Waals surface area contributed by atoms with Crippen LogP contribution in [0.15, 0.2) is 0 Å². The molecule has 88 valence electrons. The monoisotopic (exact) mass is 227 g/mol. The van der Waals surface area contributed by atoms with Crippen LogP contribution in [0.3, 0.4) is 0 Å². The van der Waals surface area contributed by atoms with Gasteiger partial charge in [-0.25, -0.2) is 9.59 Å². The largest absolute Gasteiger partial charge is 0.465 e. The number of aromatic nitrogens is 1. The maximum Gasteiger partial charge on any atom is 0.359 e. The standard InChI is InChI=1S/C10H13NO5/c1-5-6(2)11(14)8(10(13)16-4)7(5)9(12)15-3/h14H,1-4H3.